The van der Waals surface area contributed by atoms with E-state index in [2.05, 4.69) is 10.3 Å². The smallest absolute Gasteiger partial charge is 0.242 e. The van der Waals surface area contributed by atoms with Crippen LogP contribution in [0.4, 0.5) is 0 Å². The number of fused-ring (bicyclic) bond motifs is 1. The quantitative estimate of drug-likeness (QED) is 0.883. The zero-order valence-corrected chi connectivity index (χ0v) is 12.3. The van der Waals surface area contributed by atoms with Crippen molar-refractivity contribution in [3.8, 4) is 0 Å². The Bertz CT molecular complexity index is 609. The van der Waals surface area contributed by atoms with Crippen molar-refractivity contribution in [1.29, 1.82) is 0 Å². The van der Waals surface area contributed by atoms with Crippen molar-refractivity contribution in [2.24, 2.45) is 0 Å². The summed E-state index contributed by atoms with van der Waals surface area (Å²) in [5.74, 6) is 1.18. The van der Waals surface area contributed by atoms with Crippen LogP contribution in [0.2, 0.25) is 5.02 Å². The molecule has 0 bridgehead atoms. The Morgan fingerprint density at radius 2 is 2.26 bits per heavy atom. The Hall–Kier alpha value is -1.26. The number of rotatable bonds is 4. The van der Waals surface area contributed by atoms with Gasteiger partial charge in [-0.25, -0.2) is 4.98 Å². The standard InChI is InChI=1S/C13H15Cl2N3O/c1-8(13(19)16-2)18-11-7-9(15)3-4-10(11)17-12(18)5-6-14/h3-4,7-8H,5-6H2,1-2H3,(H,16,19). The van der Waals surface area contributed by atoms with Crippen LogP contribution >= 0.6 is 23.2 Å². The van der Waals surface area contributed by atoms with Crippen molar-refractivity contribution in [3.05, 3.63) is 29.0 Å². The van der Waals surface area contributed by atoms with Gasteiger partial charge in [-0.05, 0) is 25.1 Å². The van der Waals surface area contributed by atoms with Crippen LogP contribution in [-0.2, 0) is 11.2 Å². The first-order valence-electron chi connectivity index (χ1n) is 6.02. The Morgan fingerprint density at radius 1 is 1.53 bits per heavy atom. The van der Waals surface area contributed by atoms with Crippen molar-refractivity contribution >= 4 is 40.1 Å². The number of carbonyl (C=O) groups is 1. The molecule has 0 saturated carbocycles. The molecule has 19 heavy (non-hydrogen) atoms. The summed E-state index contributed by atoms with van der Waals surface area (Å²) in [6.45, 7) is 1.83. The first-order valence-corrected chi connectivity index (χ1v) is 6.93. The average Bonchev–Trinajstić information content (AvgIpc) is 2.74. The van der Waals surface area contributed by atoms with Crippen molar-refractivity contribution in [2.45, 2.75) is 19.4 Å². The second-order valence-electron chi connectivity index (χ2n) is 4.26. The Morgan fingerprint density at radius 3 is 2.89 bits per heavy atom. The molecular weight excluding hydrogens is 285 g/mol. The van der Waals surface area contributed by atoms with Gasteiger partial charge < -0.3 is 9.88 Å². The van der Waals surface area contributed by atoms with Gasteiger partial charge in [-0.2, -0.15) is 0 Å². The lowest BCUT2D eigenvalue weighted by Crippen LogP contribution is -2.28. The molecule has 1 aromatic carbocycles. The number of amides is 1. The van der Waals surface area contributed by atoms with Crippen molar-refractivity contribution < 1.29 is 4.79 Å². The highest BCUT2D eigenvalue weighted by molar-refractivity contribution is 6.31. The molecule has 1 N–H and O–H groups in total. The number of halogens is 2. The molecule has 1 heterocycles. The zero-order chi connectivity index (χ0) is 14.0. The van der Waals surface area contributed by atoms with E-state index < -0.39 is 0 Å². The lowest BCUT2D eigenvalue weighted by atomic mass is 10.2. The fourth-order valence-corrected chi connectivity index (χ4v) is 2.47. The molecule has 0 fully saturated rings. The maximum absolute atomic E-state index is 11.9. The second-order valence-corrected chi connectivity index (χ2v) is 5.07. The molecule has 1 unspecified atom stereocenters. The maximum atomic E-state index is 11.9. The van der Waals surface area contributed by atoms with Crippen molar-refractivity contribution in [2.75, 3.05) is 12.9 Å². The highest BCUT2D eigenvalue weighted by atomic mass is 35.5. The molecule has 1 amide bonds. The summed E-state index contributed by atoms with van der Waals surface area (Å²) in [6.07, 6.45) is 0.606. The number of aryl methyl sites for hydroxylation is 1. The fourth-order valence-electron chi connectivity index (χ4n) is 2.14. The van der Waals surface area contributed by atoms with Crippen LogP contribution in [0.1, 0.15) is 18.8 Å². The number of nitrogens with zero attached hydrogens (tertiary/aromatic N) is 2. The first-order chi connectivity index (χ1) is 9.08. The van der Waals surface area contributed by atoms with E-state index in [9.17, 15) is 4.79 Å². The van der Waals surface area contributed by atoms with Crippen LogP contribution in [-0.4, -0.2) is 28.4 Å². The summed E-state index contributed by atoms with van der Waals surface area (Å²) < 4.78 is 1.89. The number of hydrogen-bond donors (Lipinski definition) is 1. The van der Waals surface area contributed by atoms with Gasteiger partial charge in [0.15, 0.2) is 0 Å². The lowest BCUT2D eigenvalue weighted by Gasteiger charge is -2.16. The SMILES string of the molecule is CNC(=O)C(C)n1c(CCCl)nc2ccc(Cl)cc21. The van der Waals surface area contributed by atoms with Gasteiger partial charge >= 0.3 is 0 Å². The largest absolute Gasteiger partial charge is 0.357 e. The van der Waals surface area contributed by atoms with Crippen molar-refractivity contribution in [1.82, 2.24) is 14.9 Å². The van der Waals surface area contributed by atoms with Gasteiger partial charge in [0, 0.05) is 24.4 Å². The Balaban J connectivity index is 2.62. The Labute approximate surface area is 121 Å². The number of likely N-dealkylation sites (N-methyl/N-ethyl adjacent to an activating group) is 1. The highest BCUT2D eigenvalue weighted by Gasteiger charge is 2.20. The summed E-state index contributed by atoms with van der Waals surface area (Å²) in [4.78, 5) is 16.4. The zero-order valence-electron chi connectivity index (χ0n) is 10.8. The molecule has 0 aliphatic carbocycles. The predicted octanol–water partition coefficient (Wildman–Crippen LogP) is 2.78. The highest BCUT2D eigenvalue weighted by Crippen LogP contribution is 2.25. The summed E-state index contributed by atoms with van der Waals surface area (Å²) in [6, 6.07) is 5.10. The molecule has 2 aromatic rings. The summed E-state index contributed by atoms with van der Waals surface area (Å²) in [7, 11) is 1.62. The molecule has 1 atom stereocenters. The molecule has 0 aliphatic rings. The molecule has 0 spiro atoms. The third kappa shape index (κ3) is 2.69. The molecule has 6 heteroatoms. The van der Waals surface area contributed by atoms with E-state index in [1.54, 1.807) is 13.1 Å². The fraction of sp³-hybridized carbons (Fsp3) is 0.385. The van der Waals surface area contributed by atoms with Gasteiger partial charge in [0.2, 0.25) is 5.91 Å². The summed E-state index contributed by atoms with van der Waals surface area (Å²) in [5.41, 5.74) is 1.67. The monoisotopic (exact) mass is 299 g/mol. The maximum Gasteiger partial charge on any atom is 0.242 e. The van der Waals surface area contributed by atoms with E-state index in [1.807, 2.05) is 23.6 Å². The van der Waals surface area contributed by atoms with E-state index in [-0.39, 0.29) is 11.9 Å². The number of nitrogens with one attached hydrogen (secondary N) is 1. The van der Waals surface area contributed by atoms with E-state index in [1.165, 1.54) is 0 Å². The van der Waals surface area contributed by atoms with Gasteiger partial charge in [-0.1, -0.05) is 11.6 Å². The molecule has 0 aliphatic heterocycles. The molecule has 1 aromatic heterocycles. The van der Waals surface area contributed by atoms with E-state index >= 15 is 0 Å². The van der Waals surface area contributed by atoms with E-state index in [4.69, 9.17) is 23.2 Å². The first kappa shape index (κ1) is 14.2. The molecule has 0 radical (unpaired) electrons. The van der Waals surface area contributed by atoms with Crippen LogP contribution in [0.25, 0.3) is 11.0 Å². The molecular formula is C13H15Cl2N3O. The third-order valence-corrected chi connectivity index (χ3v) is 3.48. The molecule has 2 rings (SSSR count). The van der Waals surface area contributed by atoms with E-state index in [0.717, 1.165) is 16.9 Å². The number of aromatic nitrogens is 2. The normalized spacial score (nSPS) is 12.6. The number of alkyl halides is 1. The Kier molecular flexibility index (Phi) is 4.32. The molecule has 102 valence electrons. The van der Waals surface area contributed by atoms with Gasteiger partial charge in [-0.3, -0.25) is 4.79 Å². The topological polar surface area (TPSA) is 46.9 Å². The molecule has 4 nitrogen and oxygen atoms in total. The van der Waals surface area contributed by atoms with Gasteiger partial charge in [0.25, 0.3) is 0 Å². The van der Waals surface area contributed by atoms with Crippen LogP contribution in [0, 0.1) is 0 Å². The van der Waals surface area contributed by atoms with Crippen LogP contribution in [0.15, 0.2) is 18.2 Å². The second kappa shape index (κ2) is 5.80. The van der Waals surface area contributed by atoms with Crippen molar-refractivity contribution in [3.63, 3.8) is 0 Å². The minimum atomic E-state index is -0.355. The summed E-state index contributed by atoms with van der Waals surface area (Å²) >= 11 is 11.8. The number of carbonyl (C=O) groups excluding carboxylic acids is 1. The average molecular weight is 300 g/mol. The summed E-state index contributed by atoms with van der Waals surface area (Å²) in [5, 5.41) is 3.27. The lowest BCUT2D eigenvalue weighted by molar-refractivity contribution is -0.123. The van der Waals surface area contributed by atoms with E-state index in [0.29, 0.717) is 17.3 Å². The number of imidazole rings is 1. The van der Waals surface area contributed by atoms with Crippen LogP contribution in [0.3, 0.4) is 0 Å². The van der Waals surface area contributed by atoms with Crippen LogP contribution < -0.4 is 5.32 Å². The third-order valence-electron chi connectivity index (χ3n) is 3.06. The van der Waals surface area contributed by atoms with Crippen LogP contribution in [0.5, 0.6) is 0 Å². The van der Waals surface area contributed by atoms with Gasteiger partial charge in [0.1, 0.15) is 11.9 Å². The minimum absolute atomic E-state index is 0.0740. The number of hydrogen-bond acceptors (Lipinski definition) is 2. The minimum Gasteiger partial charge on any atom is -0.357 e. The van der Waals surface area contributed by atoms with Gasteiger partial charge in [0.05, 0.1) is 11.0 Å². The number of benzene rings is 1. The predicted molar refractivity (Wildman–Crippen MR) is 77.9 cm³/mol. The molecule has 0 saturated heterocycles. The van der Waals surface area contributed by atoms with Gasteiger partial charge in [-0.15, -0.1) is 11.6 Å².